The summed E-state index contributed by atoms with van der Waals surface area (Å²) >= 11 is 5.73. The number of aromatic nitrogens is 2. The maximum atomic E-state index is 12.3. The van der Waals surface area contributed by atoms with Crippen LogP contribution < -0.4 is 11.1 Å². The topological polar surface area (TPSA) is 80.9 Å². The molecule has 0 aliphatic heterocycles. The largest absolute Gasteiger partial charge is 0.433 e. The highest BCUT2D eigenvalue weighted by Gasteiger charge is 2.32. The van der Waals surface area contributed by atoms with Gasteiger partial charge in [0.1, 0.15) is 11.5 Å². The summed E-state index contributed by atoms with van der Waals surface area (Å²) in [6, 6.07) is 3.17. The van der Waals surface area contributed by atoms with Gasteiger partial charge in [0.05, 0.1) is 22.5 Å². The van der Waals surface area contributed by atoms with Gasteiger partial charge in [-0.15, -0.1) is 0 Å². The number of anilines is 2. The molecule has 0 aliphatic rings. The molecule has 0 saturated carbocycles. The fourth-order valence-corrected chi connectivity index (χ4v) is 1.58. The van der Waals surface area contributed by atoms with Crippen molar-refractivity contribution >= 4 is 29.0 Å². The van der Waals surface area contributed by atoms with Gasteiger partial charge >= 0.3 is 6.18 Å². The molecule has 2 rings (SSSR count). The number of pyridine rings is 2. The highest BCUT2D eigenvalue weighted by molar-refractivity contribution is 6.33. The summed E-state index contributed by atoms with van der Waals surface area (Å²) < 4.78 is 37.0. The van der Waals surface area contributed by atoms with E-state index in [0.717, 1.165) is 18.3 Å². The lowest BCUT2D eigenvalue weighted by molar-refractivity contribution is -0.141. The molecule has 1 amide bonds. The third-order valence-corrected chi connectivity index (χ3v) is 2.75. The molecule has 0 aromatic carbocycles. The number of carbonyl (C=O) groups is 1. The molecule has 0 saturated heterocycles. The van der Waals surface area contributed by atoms with Crippen molar-refractivity contribution in [2.45, 2.75) is 6.18 Å². The van der Waals surface area contributed by atoms with Crippen LogP contribution in [0, 0.1) is 0 Å². The number of carbonyl (C=O) groups excluding carboxylic acids is 1. The molecule has 0 radical (unpaired) electrons. The van der Waals surface area contributed by atoms with Gasteiger partial charge in [0.2, 0.25) is 0 Å². The van der Waals surface area contributed by atoms with Crippen LogP contribution in [0.15, 0.2) is 30.6 Å². The Balaban J connectivity index is 2.14. The molecular formula is C12H8ClF3N4O. The van der Waals surface area contributed by atoms with Crippen molar-refractivity contribution in [1.82, 2.24) is 9.97 Å². The van der Waals surface area contributed by atoms with Crippen molar-refractivity contribution in [2.24, 2.45) is 0 Å². The van der Waals surface area contributed by atoms with E-state index in [1.54, 1.807) is 0 Å². The monoisotopic (exact) mass is 316 g/mol. The SMILES string of the molecule is Nc1ncc(C(=O)Nc2ccc(C(F)(F)F)nc2)cc1Cl. The van der Waals surface area contributed by atoms with Crippen molar-refractivity contribution in [3.05, 3.63) is 46.9 Å². The molecule has 0 aliphatic carbocycles. The van der Waals surface area contributed by atoms with Crippen LogP contribution in [0.5, 0.6) is 0 Å². The molecule has 2 aromatic rings. The average Bonchev–Trinajstić information content (AvgIpc) is 2.41. The smallest absolute Gasteiger partial charge is 0.382 e. The fourth-order valence-electron chi connectivity index (χ4n) is 1.41. The van der Waals surface area contributed by atoms with Gasteiger partial charge in [-0.1, -0.05) is 11.6 Å². The third kappa shape index (κ3) is 3.60. The van der Waals surface area contributed by atoms with Gasteiger partial charge in [0.25, 0.3) is 5.91 Å². The predicted molar refractivity (Wildman–Crippen MR) is 70.9 cm³/mol. The first kappa shape index (κ1) is 15.0. The summed E-state index contributed by atoms with van der Waals surface area (Å²) in [6.45, 7) is 0. The van der Waals surface area contributed by atoms with Crippen LogP contribution in [0.3, 0.4) is 0 Å². The Bertz CT molecular complexity index is 673. The van der Waals surface area contributed by atoms with Crippen molar-refractivity contribution in [2.75, 3.05) is 11.1 Å². The first-order valence-corrected chi connectivity index (χ1v) is 5.91. The quantitative estimate of drug-likeness (QED) is 0.892. The summed E-state index contributed by atoms with van der Waals surface area (Å²) in [5.41, 5.74) is 4.60. The minimum atomic E-state index is -4.53. The zero-order chi connectivity index (χ0) is 15.6. The molecule has 0 spiro atoms. The van der Waals surface area contributed by atoms with Gasteiger partial charge in [0, 0.05) is 6.20 Å². The Morgan fingerprint density at radius 2 is 1.95 bits per heavy atom. The minimum Gasteiger partial charge on any atom is -0.382 e. The van der Waals surface area contributed by atoms with Gasteiger partial charge in [-0.25, -0.2) is 9.97 Å². The first-order chi connectivity index (χ1) is 9.77. The number of hydrogen-bond acceptors (Lipinski definition) is 4. The Morgan fingerprint density at radius 3 is 2.48 bits per heavy atom. The second-order valence-corrected chi connectivity index (χ2v) is 4.38. The maximum absolute atomic E-state index is 12.3. The van der Waals surface area contributed by atoms with Crippen molar-refractivity contribution in [3.63, 3.8) is 0 Å². The van der Waals surface area contributed by atoms with E-state index in [4.69, 9.17) is 17.3 Å². The lowest BCUT2D eigenvalue weighted by Crippen LogP contribution is -2.14. The third-order valence-electron chi connectivity index (χ3n) is 2.44. The molecule has 2 heterocycles. The highest BCUT2D eigenvalue weighted by Crippen LogP contribution is 2.27. The van der Waals surface area contributed by atoms with E-state index in [1.807, 2.05) is 0 Å². The molecule has 0 bridgehead atoms. The number of nitrogens with two attached hydrogens (primary N) is 1. The van der Waals surface area contributed by atoms with Gasteiger partial charge in [0.15, 0.2) is 0 Å². The predicted octanol–water partition coefficient (Wildman–Crippen LogP) is 2.98. The Morgan fingerprint density at radius 1 is 1.24 bits per heavy atom. The number of nitrogen functional groups attached to an aromatic ring is 1. The van der Waals surface area contributed by atoms with E-state index in [0.29, 0.717) is 0 Å². The van der Waals surface area contributed by atoms with Gasteiger partial charge < -0.3 is 11.1 Å². The second-order valence-electron chi connectivity index (χ2n) is 3.98. The summed E-state index contributed by atoms with van der Waals surface area (Å²) in [7, 11) is 0. The number of nitrogens with zero attached hydrogens (tertiary/aromatic N) is 2. The first-order valence-electron chi connectivity index (χ1n) is 5.53. The van der Waals surface area contributed by atoms with E-state index in [2.05, 4.69) is 15.3 Å². The average molecular weight is 317 g/mol. The van der Waals surface area contributed by atoms with Crippen LogP contribution in [0.2, 0.25) is 5.02 Å². The molecule has 21 heavy (non-hydrogen) atoms. The van der Waals surface area contributed by atoms with Crippen LogP contribution in [-0.2, 0) is 6.18 Å². The lowest BCUT2D eigenvalue weighted by atomic mass is 10.2. The molecule has 2 aromatic heterocycles. The minimum absolute atomic E-state index is 0.0735. The second kappa shape index (κ2) is 5.57. The summed E-state index contributed by atoms with van der Waals surface area (Å²) in [5.74, 6) is -0.518. The van der Waals surface area contributed by atoms with Gasteiger partial charge in [-0.3, -0.25) is 4.79 Å². The van der Waals surface area contributed by atoms with E-state index < -0.39 is 17.8 Å². The molecular weight excluding hydrogens is 309 g/mol. The van der Waals surface area contributed by atoms with Crippen LogP contribution in [0.1, 0.15) is 16.1 Å². The number of nitrogens with one attached hydrogen (secondary N) is 1. The van der Waals surface area contributed by atoms with E-state index in [1.165, 1.54) is 12.3 Å². The van der Waals surface area contributed by atoms with Gasteiger partial charge in [-0.05, 0) is 18.2 Å². The highest BCUT2D eigenvalue weighted by atomic mass is 35.5. The molecule has 110 valence electrons. The van der Waals surface area contributed by atoms with Crippen LogP contribution in [-0.4, -0.2) is 15.9 Å². The molecule has 9 heteroatoms. The molecule has 3 N–H and O–H groups in total. The zero-order valence-corrected chi connectivity index (χ0v) is 11.0. The normalized spacial score (nSPS) is 11.2. The zero-order valence-electron chi connectivity index (χ0n) is 10.3. The van der Waals surface area contributed by atoms with E-state index in [-0.39, 0.29) is 22.1 Å². The Kier molecular flexibility index (Phi) is 3.99. The number of halogens is 4. The molecule has 0 fully saturated rings. The lowest BCUT2D eigenvalue weighted by Gasteiger charge is -2.08. The molecule has 0 atom stereocenters. The Hall–Kier alpha value is -2.35. The molecule has 0 unspecified atom stereocenters. The van der Waals surface area contributed by atoms with E-state index >= 15 is 0 Å². The maximum Gasteiger partial charge on any atom is 0.433 e. The van der Waals surface area contributed by atoms with Crippen LogP contribution in [0.4, 0.5) is 24.7 Å². The molecule has 5 nitrogen and oxygen atoms in total. The Labute approximate surface area is 122 Å². The van der Waals surface area contributed by atoms with Gasteiger partial charge in [-0.2, -0.15) is 13.2 Å². The van der Waals surface area contributed by atoms with E-state index in [9.17, 15) is 18.0 Å². The van der Waals surface area contributed by atoms with Crippen LogP contribution in [0.25, 0.3) is 0 Å². The number of rotatable bonds is 2. The number of hydrogen-bond donors (Lipinski definition) is 2. The van der Waals surface area contributed by atoms with Crippen molar-refractivity contribution in [3.8, 4) is 0 Å². The van der Waals surface area contributed by atoms with Crippen molar-refractivity contribution in [1.29, 1.82) is 0 Å². The summed E-state index contributed by atoms with van der Waals surface area (Å²) in [5, 5.41) is 2.48. The summed E-state index contributed by atoms with van der Waals surface area (Å²) in [4.78, 5) is 18.8. The standard InChI is InChI=1S/C12H8ClF3N4O/c13-8-3-6(4-19-10(8)17)11(21)20-7-1-2-9(18-5-7)12(14,15)16/h1-5H,(H2,17,19)(H,20,21). The van der Waals surface area contributed by atoms with Crippen LogP contribution >= 0.6 is 11.6 Å². The number of amides is 1. The fraction of sp³-hybridized carbons (Fsp3) is 0.0833. The number of alkyl halides is 3. The summed E-state index contributed by atoms with van der Waals surface area (Å²) in [6.07, 6.45) is -2.42. The van der Waals surface area contributed by atoms with Crippen molar-refractivity contribution < 1.29 is 18.0 Å².